The van der Waals surface area contributed by atoms with E-state index in [1.165, 1.54) is 0 Å². The molecule has 0 bridgehead atoms. The third-order valence-electron chi connectivity index (χ3n) is 1.88. The van der Waals surface area contributed by atoms with Crippen molar-refractivity contribution in [1.29, 1.82) is 0 Å². The molecule has 2 rings (SSSR count). The average molecular weight is 291 g/mol. The Labute approximate surface area is 113 Å². The molecule has 0 atom stereocenters. The second-order valence-electron chi connectivity index (χ2n) is 3.09. The molecular weight excluding hydrogens is 284 g/mol. The van der Waals surface area contributed by atoms with Crippen molar-refractivity contribution in [2.75, 3.05) is 0 Å². The monoisotopic (exact) mass is 289 g/mol. The molecule has 88 valence electrons. The Hall–Kier alpha value is -1.10. The van der Waals surface area contributed by atoms with Crippen LogP contribution in [0.2, 0.25) is 15.5 Å². The number of rotatable bonds is 3. The first kappa shape index (κ1) is 12.4. The minimum absolute atomic E-state index is 0.0134. The van der Waals surface area contributed by atoms with Crippen LogP contribution in [0.15, 0.2) is 24.3 Å². The van der Waals surface area contributed by atoms with E-state index in [2.05, 4.69) is 15.2 Å². The molecule has 0 unspecified atom stereocenters. The summed E-state index contributed by atoms with van der Waals surface area (Å²) in [4.78, 5) is 3.82. The average Bonchev–Trinajstić information content (AvgIpc) is 2.32. The zero-order chi connectivity index (χ0) is 12.3. The molecule has 0 fully saturated rings. The molecule has 0 N–H and O–H groups in total. The van der Waals surface area contributed by atoms with E-state index in [-0.39, 0.29) is 16.3 Å². The lowest BCUT2D eigenvalue weighted by atomic mass is 10.2. The smallest absolute Gasteiger partial charge is 0.257 e. The van der Waals surface area contributed by atoms with E-state index in [0.717, 1.165) is 5.56 Å². The van der Waals surface area contributed by atoms with Crippen molar-refractivity contribution in [1.82, 2.24) is 15.2 Å². The molecule has 17 heavy (non-hydrogen) atoms. The van der Waals surface area contributed by atoms with Gasteiger partial charge in [0.25, 0.3) is 5.88 Å². The van der Waals surface area contributed by atoms with Gasteiger partial charge in [0.2, 0.25) is 10.4 Å². The topological polar surface area (TPSA) is 47.9 Å². The molecule has 0 spiro atoms. The molecule has 0 aliphatic carbocycles. The molecular formula is C10H6Cl3N3O. The van der Waals surface area contributed by atoms with E-state index in [9.17, 15) is 0 Å². The quantitative estimate of drug-likeness (QED) is 0.869. The molecule has 7 heteroatoms. The largest absolute Gasteiger partial charge is 0.470 e. The van der Waals surface area contributed by atoms with Crippen LogP contribution in [0.5, 0.6) is 5.88 Å². The summed E-state index contributed by atoms with van der Waals surface area (Å²) in [6.45, 7) is 0.298. The Kier molecular flexibility index (Phi) is 3.99. The fourth-order valence-corrected chi connectivity index (χ4v) is 1.48. The molecule has 0 radical (unpaired) electrons. The highest BCUT2D eigenvalue weighted by Crippen LogP contribution is 2.20. The predicted octanol–water partition coefficient (Wildman–Crippen LogP) is 3.41. The molecule has 1 aromatic heterocycles. The lowest BCUT2D eigenvalue weighted by Crippen LogP contribution is -2.00. The number of ether oxygens (including phenoxy) is 1. The Morgan fingerprint density at radius 2 is 1.71 bits per heavy atom. The van der Waals surface area contributed by atoms with Gasteiger partial charge in [-0.2, -0.15) is 4.98 Å². The molecule has 1 aromatic carbocycles. The van der Waals surface area contributed by atoms with Crippen molar-refractivity contribution in [3.63, 3.8) is 0 Å². The first-order chi connectivity index (χ1) is 8.15. The predicted molar refractivity (Wildman–Crippen MR) is 65.6 cm³/mol. The molecule has 4 nitrogen and oxygen atoms in total. The number of nitrogens with zero attached hydrogens (tertiary/aromatic N) is 3. The van der Waals surface area contributed by atoms with Gasteiger partial charge in [0, 0.05) is 5.02 Å². The van der Waals surface area contributed by atoms with Gasteiger partial charge in [0.15, 0.2) is 0 Å². The van der Waals surface area contributed by atoms with E-state index in [0.29, 0.717) is 11.6 Å². The van der Waals surface area contributed by atoms with Crippen LogP contribution < -0.4 is 4.74 Å². The third kappa shape index (κ3) is 3.43. The Morgan fingerprint density at radius 3 is 2.41 bits per heavy atom. The van der Waals surface area contributed by atoms with E-state index in [4.69, 9.17) is 39.5 Å². The maximum atomic E-state index is 5.76. The highest BCUT2D eigenvalue weighted by atomic mass is 35.5. The number of hydrogen-bond acceptors (Lipinski definition) is 4. The second kappa shape index (κ2) is 5.49. The van der Waals surface area contributed by atoms with Gasteiger partial charge in [-0.05, 0) is 29.3 Å². The van der Waals surface area contributed by atoms with Gasteiger partial charge < -0.3 is 4.74 Å². The molecule has 0 amide bonds. The molecule has 0 aliphatic rings. The van der Waals surface area contributed by atoms with Crippen LogP contribution in [0.25, 0.3) is 0 Å². The zero-order valence-electron chi connectivity index (χ0n) is 8.40. The van der Waals surface area contributed by atoms with Crippen LogP contribution >= 0.6 is 34.8 Å². The number of benzene rings is 1. The number of aromatic nitrogens is 3. The van der Waals surface area contributed by atoms with Crippen LogP contribution in [-0.4, -0.2) is 15.2 Å². The molecule has 0 saturated heterocycles. The molecule has 0 aliphatic heterocycles. The van der Waals surface area contributed by atoms with Gasteiger partial charge in [-0.25, -0.2) is 0 Å². The Bertz CT molecular complexity index is 519. The van der Waals surface area contributed by atoms with Crippen molar-refractivity contribution >= 4 is 34.8 Å². The van der Waals surface area contributed by atoms with Gasteiger partial charge in [-0.15, -0.1) is 10.2 Å². The van der Waals surface area contributed by atoms with E-state index in [1.54, 1.807) is 12.1 Å². The fourth-order valence-electron chi connectivity index (χ4n) is 1.10. The van der Waals surface area contributed by atoms with Crippen molar-refractivity contribution in [3.8, 4) is 5.88 Å². The van der Waals surface area contributed by atoms with E-state index >= 15 is 0 Å². The van der Waals surface area contributed by atoms with Crippen molar-refractivity contribution in [2.45, 2.75) is 6.61 Å². The summed E-state index contributed by atoms with van der Waals surface area (Å²) in [7, 11) is 0. The molecule has 1 heterocycles. The lowest BCUT2D eigenvalue weighted by molar-refractivity contribution is 0.291. The molecule has 0 saturated carbocycles. The standard InChI is InChI=1S/C10H6Cl3N3O/c11-7-3-1-6(2-4-7)5-17-9-8(12)15-16-10(13)14-9/h1-4H,5H2. The normalized spacial score (nSPS) is 10.3. The summed E-state index contributed by atoms with van der Waals surface area (Å²) in [5.74, 6) is 0.154. The summed E-state index contributed by atoms with van der Waals surface area (Å²) in [5, 5.41) is 7.79. The zero-order valence-corrected chi connectivity index (χ0v) is 10.7. The summed E-state index contributed by atoms with van der Waals surface area (Å²) >= 11 is 17.1. The first-order valence-corrected chi connectivity index (χ1v) is 5.71. The Morgan fingerprint density at radius 1 is 1.00 bits per heavy atom. The highest BCUT2D eigenvalue weighted by Gasteiger charge is 2.07. The minimum atomic E-state index is -0.0134. The van der Waals surface area contributed by atoms with Crippen LogP contribution in [-0.2, 0) is 6.61 Å². The summed E-state index contributed by atoms with van der Waals surface area (Å²) in [6.07, 6.45) is 0. The highest BCUT2D eigenvalue weighted by molar-refractivity contribution is 6.31. The second-order valence-corrected chi connectivity index (χ2v) is 4.22. The minimum Gasteiger partial charge on any atom is -0.470 e. The van der Waals surface area contributed by atoms with Gasteiger partial charge in [-0.1, -0.05) is 35.3 Å². The van der Waals surface area contributed by atoms with Gasteiger partial charge >= 0.3 is 0 Å². The van der Waals surface area contributed by atoms with Crippen LogP contribution in [0, 0.1) is 0 Å². The van der Waals surface area contributed by atoms with E-state index < -0.39 is 0 Å². The molecule has 2 aromatic rings. The maximum absolute atomic E-state index is 5.76. The number of halogens is 3. The van der Waals surface area contributed by atoms with Gasteiger partial charge in [0.05, 0.1) is 0 Å². The summed E-state index contributed by atoms with van der Waals surface area (Å²) < 4.78 is 5.37. The third-order valence-corrected chi connectivity index (χ3v) is 2.53. The van der Waals surface area contributed by atoms with Crippen molar-refractivity contribution in [2.24, 2.45) is 0 Å². The SMILES string of the molecule is Clc1ccc(COc2nc(Cl)nnc2Cl)cc1. The van der Waals surface area contributed by atoms with Gasteiger partial charge in [-0.3, -0.25) is 0 Å². The van der Waals surface area contributed by atoms with Crippen LogP contribution in [0.4, 0.5) is 0 Å². The van der Waals surface area contributed by atoms with Crippen LogP contribution in [0.3, 0.4) is 0 Å². The fraction of sp³-hybridized carbons (Fsp3) is 0.100. The Balaban J connectivity index is 2.07. The van der Waals surface area contributed by atoms with Crippen molar-refractivity contribution in [3.05, 3.63) is 45.3 Å². The first-order valence-electron chi connectivity index (χ1n) is 4.58. The summed E-state index contributed by atoms with van der Waals surface area (Å²) in [6, 6.07) is 7.22. The number of hydrogen-bond donors (Lipinski definition) is 0. The van der Waals surface area contributed by atoms with Crippen LogP contribution in [0.1, 0.15) is 5.56 Å². The van der Waals surface area contributed by atoms with Crippen molar-refractivity contribution < 1.29 is 4.74 Å². The lowest BCUT2D eigenvalue weighted by Gasteiger charge is -2.05. The van der Waals surface area contributed by atoms with E-state index in [1.807, 2.05) is 12.1 Å². The summed E-state index contributed by atoms with van der Waals surface area (Å²) in [5.41, 5.74) is 0.931. The van der Waals surface area contributed by atoms with Gasteiger partial charge in [0.1, 0.15) is 6.61 Å². The maximum Gasteiger partial charge on any atom is 0.257 e.